The maximum absolute atomic E-state index is 12.8. The number of imidazole rings is 1. The maximum Gasteiger partial charge on any atom is 0.416 e. The third-order valence-electron chi connectivity index (χ3n) is 3.38. The first-order chi connectivity index (χ1) is 9.84. The fourth-order valence-electron chi connectivity index (χ4n) is 2.45. The van der Waals surface area contributed by atoms with Crippen LogP contribution in [0.3, 0.4) is 0 Å². The maximum atomic E-state index is 12.8. The first-order valence-electron chi connectivity index (χ1n) is 6.49. The van der Waals surface area contributed by atoms with Crippen LogP contribution in [0, 0.1) is 13.8 Å². The number of H-pyrrole nitrogens is 1. The van der Waals surface area contributed by atoms with Gasteiger partial charge in [-0.05, 0) is 43.2 Å². The molecule has 3 rings (SSSR count). The molecule has 0 saturated heterocycles. The predicted molar refractivity (Wildman–Crippen MR) is 76.0 cm³/mol. The molecule has 0 radical (unpaired) electrons. The van der Waals surface area contributed by atoms with Gasteiger partial charge in [-0.2, -0.15) is 13.2 Å². The minimum atomic E-state index is -4.35. The third kappa shape index (κ3) is 2.51. The number of hydrogen-bond acceptors (Lipinski definition) is 1. The zero-order valence-corrected chi connectivity index (χ0v) is 11.5. The molecule has 3 aromatic rings. The molecule has 2 nitrogen and oxygen atoms in total. The summed E-state index contributed by atoms with van der Waals surface area (Å²) in [6.07, 6.45) is -4.35. The Labute approximate surface area is 119 Å². The van der Waals surface area contributed by atoms with Gasteiger partial charge in [0.15, 0.2) is 0 Å². The lowest BCUT2D eigenvalue weighted by molar-refractivity contribution is -0.137. The molecular weight excluding hydrogens is 277 g/mol. The Morgan fingerprint density at radius 1 is 1.05 bits per heavy atom. The smallest absolute Gasteiger partial charge is 0.338 e. The molecule has 0 unspecified atom stereocenters. The Bertz CT molecular complexity index is 816. The number of aromatic nitrogens is 2. The minimum absolute atomic E-state index is 0.429. The molecular formula is C16H13F3N2. The number of hydrogen-bond donors (Lipinski definition) is 1. The molecule has 108 valence electrons. The highest BCUT2D eigenvalue weighted by Crippen LogP contribution is 2.32. The Morgan fingerprint density at radius 3 is 2.52 bits per heavy atom. The van der Waals surface area contributed by atoms with E-state index in [2.05, 4.69) is 9.97 Å². The van der Waals surface area contributed by atoms with Crippen LogP contribution in [0.25, 0.3) is 22.4 Å². The monoisotopic (exact) mass is 290 g/mol. The van der Waals surface area contributed by atoms with Crippen molar-refractivity contribution in [1.29, 1.82) is 0 Å². The summed E-state index contributed by atoms with van der Waals surface area (Å²) in [5.74, 6) is 0.449. The lowest BCUT2D eigenvalue weighted by Crippen LogP contribution is -2.04. The fourth-order valence-corrected chi connectivity index (χ4v) is 2.45. The highest BCUT2D eigenvalue weighted by Gasteiger charge is 2.30. The number of rotatable bonds is 1. The molecule has 0 aliphatic rings. The van der Waals surface area contributed by atoms with Crippen molar-refractivity contribution in [3.05, 3.63) is 53.1 Å². The van der Waals surface area contributed by atoms with Crippen molar-refractivity contribution in [3.8, 4) is 11.4 Å². The van der Waals surface area contributed by atoms with Crippen LogP contribution in [0.1, 0.15) is 16.7 Å². The summed E-state index contributed by atoms with van der Waals surface area (Å²) < 4.78 is 38.3. The minimum Gasteiger partial charge on any atom is -0.338 e. The molecule has 0 amide bonds. The number of fused-ring (bicyclic) bond motifs is 1. The van der Waals surface area contributed by atoms with Gasteiger partial charge in [0.2, 0.25) is 0 Å². The number of benzene rings is 2. The Hall–Kier alpha value is -2.30. The normalized spacial score (nSPS) is 12.0. The fraction of sp³-hybridized carbons (Fsp3) is 0.188. The zero-order valence-electron chi connectivity index (χ0n) is 11.5. The number of halogens is 3. The molecule has 0 aliphatic carbocycles. The lowest BCUT2D eigenvalue weighted by Gasteiger charge is -2.07. The van der Waals surface area contributed by atoms with Crippen LogP contribution < -0.4 is 0 Å². The van der Waals surface area contributed by atoms with E-state index < -0.39 is 11.7 Å². The SMILES string of the molecule is Cc1cc(C)c2nc(-c3cccc(C(F)(F)F)c3)[nH]c2c1. The van der Waals surface area contributed by atoms with Crippen molar-refractivity contribution in [2.45, 2.75) is 20.0 Å². The molecule has 0 fully saturated rings. The van der Waals surface area contributed by atoms with Gasteiger partial charge in [-0.1, -0.05) is 18.2 Å². The molecule has 0 atom stereocenters. The van der Waals surface area contributed by atoms with Crippen LogP contribution >= 0.6 is 0 Å². The van der Waals surface area contributed by atoms with Crippen molar-refractivity contribution in [2.75, 3.05) is 0 Å². The van der Waals surface area contributed by atoms with E-state index in [9.17, 15) is 13.2 Å². The van der Waals surface area contributed by atoms with Gasteiger partial charge in [0, 0.05) is 5.56 Å². The standard InChI is InChI=1S/C16H13F3N2/c1-9-6-10(2)14-13(7-9)20-15(21-14)11-4-3-5-12(8-11)16(17,18)19/h3-8H,1-2H3,(H,20,21). The Balaban J connectivity index is 2.15. The van der Waals surface area contributed by atoms with Gasteiger partial charge in [0.1, 0.15) is 5.82 Å². The molecule has 2 aromatic carbocycles. The second-order valence-electron chi connectivity index (χ2n) is 5.14. The van der Waals surface area contributed by atoms with Crippen LogP contribution in [-0.2, 0) is 6.18 Å². The van der Waals surface area contributed by atoms with Gasteiger partial charge in [-0.3, -0.25) is 0 Å². The lowest BCUT2D eigenvalue weighted by atomic mass is 10.1. The summed E-state index contributed by atoms with van der Waals surface area (Å²) in [5.41, 5.74) is 3.46. The summed E-state index contributed by atoms with van der Waals surface area (Å²) in [5, 5.41) is 0. The zero-order chi connectivity index (χ0) is 15.2. The van der Waals surface area contributed by atoms with Crippen molar-refractivity contribution in [1.82, 2.24) is 9.97 Å². The van der Waals surface area contributed by atoms with Crippen LogP contribution in [-0.4, -0.2) is 9.97 Å². The quantitative estimate of drug-likeness (QED) is 0.681. The van der Waals surface area contributed by atoms with Gasteiger partial charge in [0.25, 0.3) is 0 Å². The van der Waals surface area contributed by atoms with E-state index in [0.717, 1.165) is 34.3 Å². The van der Waals surface area contributed by atoms with E-state index in [1.54, 1.807) is 6.07 Å². The highest BCUT2D eigenvalue weighted by atomic mass is 19.4. The second kappa shape index (κ2) is 4.62. The van der Waals surface area contributed by atoms with Crippen LogP contribution in [0.5, 0.6) is 0 Å². The average Bonchev–Trinajstić information content (AvgIpc) is 2.82. The van der Waals surface area contributed by atoms with E-state index in [4.69, 9.17) is 0 Å². The van der Waals surface area contributed by atoms with Gasteiger partial charge >= 0.3 is 6.18 Å². The number of aromatic amines is 1. The van der Waals surface area contributed by atoms with Gasteiger partial charge in [-0.15, -0.1) is 0 Å². The van der Waals surface area contributed by atoms with E-state index in [-0.39, 0.29) is 0 Å². The van der Waals surface area contributed by atoms with Crippen LogP contribution in [0.15, 0.2) is 36.4 Å². The molecule has 0 saturated carbocycles. The molecule has 1 heterocycles. The predicted octanol–water partition coefficient (Wildman–Crippen LogP) is 4.87. The number of nitrogens with zero attached hydrogens (tertiary/aromatic N) is 1. The molecule has 0 aliphatic heterocycles. The van der Waals surface area contributed by atoms with Crippen molar-refractivity contribution in [2.24, 2.45) is 0 Å². The molecule has 5 heteroatoms. The first kappa shape index (κ1) is 13.7. The first-order valence-corrected chi connectivity index (χ1v) is 6.49. The second-order valence-corrected chi connectivity index (χ2v) is 5.14. The number of alkyl halides is 3. The largest absolute Gasteiger partial charge is 0.416 e. The van der Waals surface area contributed by atoms with E-state index in [1.165, 1.54) is 6.07 Å². The van der Waals surface area contributed by atoms with Gasteiger partial charge < -0.3 is 4.98 Å². The topological polar surface area (TPSA) is 28.7 Å². The van der Waals surface area contributed by atoms with Crippen LogP contribution in [0.2, 0.25) is 0 Å². The van der Waals surface area contributed by atoms with Gasteiger partial charge in [0.05, 0.1) is 16.6 Å². The van der Waals surface area contributed by atoms with Gasteiger partial charge in [-0.25, -0.2) is 4.98 Å². The summed E-state index contributed by atoms with van der Waals surface area (Å²) in [7, 11) is 0. The van der Waals surface area contributed by atoms with E-state index >= 15 is 0 Å². The molecule has 1 aromatic heterocycles. The van der Waals surface area contributed by atoms with Crippen molar-refractivity contribution >= 4 is 11.0 Å². The van der Waals surface area contributed by atoms with Crippen molar-refractivity contribution < 1.29 is 13.2 Å². The molecule has 0 spiro atoms. The summed E-state index contributed by atoms with van der Waals surface area (Å²) >= 11 is 0. The summed E-state index contributed by atoms with van der Waals surface area (Å²) in [6.45, 7) is 3.91. The van der Waals surface area contributed by atoms with Crippen molar-refractivity contribution in [3.63, 3.8) is 0 Å². The molecule has 21 heavy (non-hydrogen) atoms. The Kier molecular flexibility index (Phi) is 3.01. The molecule has 0 bridgehead atoms. The Morgan fingerprint density at radius 2 is 1.81 bits per heavy atom. The van der Waals surface area contributed by atoms with E-state index in [1.807, 2.05) is 26.0 Å². The highest BCUT2D eigenvalue weighted by molar-refractivity contribution is 5.83. The molecule has 1 N–H and O–H groups in total. The average molecular weight is 290 g/mol. The summed E-state index contributed by atoms with van der Waals surface area (Å²) in [6, 6.07) is 9.12. The number of nitrogens with one attached hydrogen (secondary N) is 1. The van der Waals surface area contributed by atoms with E-state index in [0.29, 0.717) is 11.4 Å². The number of aryl methyl sites for hydroxylation is 2. The van der Waals surface area contributed by atoms with Crippen LogP contribution in [0.4, 0.5) is 13.2 Å². The summed E-state index contributed by atoms with van der Waals surface area (Å²) in [4.78, 5) is 7.52. The third-order valence-corrected chi connectivity index (χ3v) is 3.38.